The third kappa shape index (κ3) is 5.13. The Bertz CT molecular complexity index is 559. The van der Waals surface area contributed by atoms with Gasteiger partial charge in [0.1, 0.15) is 12.4 Å². The normalized spacial score (nSPS) is 24.9. The molecule has 3 rings (SSSR count). The quantitative estimate of drug-likeness (QED) is 0.842. The average Bonchev–Trinajstić information content (AvgIpc) is 3.38. The number of carbonyl (C=O) groups excluding carboxylic acids is 1. The van der Waals surface area contributed by atoms with Gasteiger partial charge in [0.25, 0.3) is 0 Å². The molecule has 132 valence electrons. The van der Waals surface area contributed by atoms with Crippen LogP contribution in [0.25, 0.3) is 0 Å². The maximum absolute atomic E-state index is 12.2. The van der Waals surface area contributed by atoms with Crippen molar-refractivity contribution < 1.29 is 14.3 Å². The predicted octanol–water partition coefficient (Wildman–Crippen LogP) is 3.02. The summed E-state index contributed by atoms with van der Waals surface area (Å²) < 4.78 is 11.5. The number of benzene rings is 1. The van der Waals surface area contributed by atoms with E-state index in [9.17, 15) is 4.79 Å². The molecule has 0 spiro atoms. The molecule has 0 bridgehead atoms. The number of urea groups is 1. The molecule has 1 aliphatic heterocycles. The summed E-state index contributed by atoms with van der Waals surface area (Å²) in [4.78, 5) is 12.2. The van der Waals surface area contributed by atoms with E-state index in [-0.39, 0.29) is 18.1 Å². The number of aryl methyl sites for hydroxylation is 1. The molecule has 2 fully saturated rings. The minimum atomic E-state index is -0.114. The lowest BCUT2D eigenvalue weighted by Gasteiger charge is -2.30. The monoisotopic (exact) mass is 332 g/mol. The summed E-state index contributed by atoms with van der Waals surface area (Å²) >= 11 is 0. The molecule has 1 saturated carbocycles. The first-order chi connectivity index (χ1) is 11.6. The number of ether oxygens (including phenoxy) is 2. The van der Waals surface area contributed by atoms with Gasteiger partial charge >= 0.3 is 6.03 Å². The lowest BCUT2D eigenvalue weighted by atomic mass is 10.0. The Morgan fingerprint density at radius 2 is 2.21 bits per heavy atom. The maximum atomic E-state index is 12.2. The van der Waals surface area contributed by atoms with Crippen LogP contribution in [0.2, 0.25) is 0 Å². The summed E-state index contributed by atoms with van der Waals surface area (Å²) in [5.74, 6) is 1.56. The van der Waals surface area contributed by atoms with Crippen LogP contribution >= 0.6 is 0 Å². The Labute approximate surface area is 144 Å². The Hall–Kier alpha value is -1.75. The standard InChI is InChI=1S/C19H28N2O3/c1-13-4-3-5-17(10-13)24-12-14(2)20-19(22)21-16-8-9-23-18(11-16)15-6-7-15/h3-5,10,14-16,18H,6-9,11-12H2,1-2H3,(H2,20,21,22)/t14-,16-,18+/m0/s1. The van der Waals surface area contributed by atoms with Gasteiger partial charge in [-0.15, -0.1) is 0 Å². The van der Waals surface area contributed by atoms with Gasteiger partial charge in [-0.05, 0) is 63.1 Å². The Morgan fingerprint density at radius 1 is 1.38 bits per heavy atom. The molecule has 5 nitrogen and oxygen atoms in total. The molecule has 24 heavy (non-hydrogen) atoms. The fourth-order valence-corrected chi connectivity index (χ4v) is 3.17. The van der Waals surface area contributed by atoms with Crippen molar-refractivity contribution in [1.82, 2.24) is 10.6 Å². The molecule has 1 saturated heterocycles. The maximum Gasteiger partial charge on any atom is 0.315 e. The number of amides is 2. The summed E-state index contributed by atoms with van der Waals surface area (Å²) in [6.45, 7) is 5.19. The van der Waals surface area contributed by atoms with Crippen molar-refractivity contribution in [2.75, 3.05) is 13.2 Å². The first-order valence-electron chi connectivity index (χ1n) is 8.98. The second kappa shape index (κ2) is 7.88. The van der Waals surface area contributed by atoms with Gasteiger partial charge in [-0.1, -0.05) is 12.1 Å². The number of carbonyl (C=O) groups is 1. The second-order valence-corrected chi connectivity index (χ2v) is 7.11. The highest BCUT2D eigenvalue weighted by Gasteiger charge is 2.36. The van der Waals surface area contributed by atoms with Crippen molar-refractivity contribution in [2.24, 2.45) is 5.92 Å². The van der Waals surface area contributed by atoms with E-state index in [1.807, 2.05) is 38.1 Å². The fraction of sp³-hybridized carbons (Fsp3) is 0.632. The third-order valence-electron chi connectivity index (χ3n) is 4.67. The molecule has 0 unspecified atom stereocenters. The topological polar surface area (TPSA) is 59.6 Å². The number of nitrogens with one attached hydrogen (secondary N) is 2. The summed E-state index contributed by atoms with van der Waals surface area (Å²) in [5, 5.41) is 6.04. The van der Waals surface area contributed by atoms with Crippen LogP contribution in [-0.4, -0.2) is 37.4 Å². The van der Waals surface area contributed by atoms with Gasteiger partial charge in [0.05, 0.1) is 12.1 Å². The highest BCUT2D eigenvalue weighted by Crippen LogP contribution is 2.38. The van der Waals surface area contributed by atoms with E-state index < -0.39 is 0 Å². The zero-order valence-corrected chi connectivity index (χ0v) is 14.6. The van der Waals surface area contributed by atoms with Crippen molar-refractivity contribution in [3.63, 3.8) is 0 Å². The average molecular weight is 332 g/mol. The van der Waals surface area contributed by atoms with Gasteiger partial charge in [-0.3, -0.25) is 0 Å². The van der Waals surface area contributed by atoms with E-state index in [2.05, 4.69) is 10.6 Å². The minimum absolute atomic E-state index is 0.0513. The molecule has 1 aliphatic carbocycles. The number of rotatable bonds is 6. The van der Waals surface area contributed by atoms with Crippen LogP contribution in [0.15, 0.2) is 24.3 Å². The molecule has 1 aromatic rings. The van der Waals surface area contributed by atoms with Crippen LogP contribution in [0.5, 0.6) is 5.75 Å². The van der Waals surface area contributed by atoms with Crippen LogP contribution in [-0.2, 0) is 4.74 Å². The van der Waals surface area contributed by atoms with Gasteiger partial charge in [0, 0.05) is 12.6 Å². The van der Waals surface area contributed by atoms with Gasteiger partial charge in [-0.25, -0.2) is 4.79 Å². The van der Waals surface area contributed by atoms with Crippen molar-refractivity contribution in [3.8, 4) is 5.75 Å². The molecule has 2 aliphatic rings. The zero-order valence-electron chi connectivity index (χ0n) is 14.6. The highest BCUT2D eigenvalue weighted by atomic mass is 16.5. The molecule has 0 radical (unpaired) electrons. The first kappa shape index (κ1) is 17.1. The molecule has 1 aromatic carbocycles. The molecule has 0 aromatic heterocycles. The molecular formula is C19H28N2O3. The van der Waals surface area contributed by atoms with E-state index in [4.69, 9.17) is 9.47 Å². The van der Waals surface area contributed by atoms with Crippen molar-refractivity contribution in [3.05, 3.63) is 29.8 Å². The Balaban J connectivity index is 1.37. The zero-order chi connectivity index (χ0) is 16.9. The number of hydrogen-bond donors (Lipinski definition) is 2. The summed E-state index contributed by atoms with van der Waals surface area (Å²) in [6, 6.07) is 7.98. The van der Waals surface area contributed by atoms with E-state index in [0.29, 0.717) is 12.7 Å². The Morgan fingerprint density at radius 3 is 2.96 bits per heavy atom. The highest BCUT2D eigenvalue weighted by molar-refractivity contribution is 5.74. The first-order valence-corrected chi connectivity index (χ1v) is 8.98. The molecule has 3 atom stereocenters. The van der Waals surface area contributed by atoms with Crippen molar-refractivity contribution in [1.29, 1.82) is 0 Å². The lowest BCUT2D eigenvalue weighted by Crippen LogP contribution is -2.49. The van der Waals surface area contributed by atoms with Crippen LogP contribution in [0.1, 0.15) is 38.2 Å². The smallest absolute Gasteiger partial charge is 0.315 e. The van der Waals surface area contributed by atoms with Gasteiger partial charge < -0.3 is 20.1 Å². The molecular weight excluding hydrogens is 304 g/mol. The largest absolute Gasteiger partial charge is 0.491 e. The van der Waals surface area contributed by atoms with Crippen LogP contribution in [0.4, 0.5) is 4.79 Å². The van der Waals surface area contributed by atoms with E-state index in [0.717, 1.165) is 36.7 Å². The summed E-state index contributed by atoms with van der Waals surface area (Å²) in [7, 11) is 0. The van der Waals surface area contributed by atoms with Gasteiger partial charge in [0.2, 0.25) is 0 Å². The minimum Gasteiger partial charge on any atom is -0.491 e. The molecule has 5 heteroatoms. The molecule has 1 heterocycles. The van der Waals surface area contributed by atoms with Crippen LogP contribution in [0, 0.1) is 12.8 Å². The van der Waals surface area contributed by atoms with Gasteiger partial charge in [-0.2, -0.15) is 0 Å². The van der Waals surface area contributed by atoms with Crippen LogP contribution < -0.4 is 15.4 Å². The van der Waals surface area contributed by atoms with Crippen LogP contribution in [0.3, 0.4) is 0 Å². The second-order valence-electron chi connectivity index (χ2n) is 7.11. The van der Waals surface area contributed by atoms with Crippen molar-refractivity contribution >= 4 is 6.03 Å². The summed E-state index contributed by atoms with van der Waals surface area (Å²) in [5.41, 5.74) is 1.16. The fourth-order valence-electron chi connectivity index (χ4n) is 3.17. The van der Waals surface area contributed by atoms with E-state index >= 15 is 0 Å². The summed E-state index contributed by atoms with van der Waals surface area (Å²) in [6.07, 6.45) is 4.72. The molecule has 2 amide bonds. The van der Waals surface area contributed by atoms with E-state index in [1.54, 1.807) is 0 Å². The lowest BCUT2D eigenvalue weighted by molar-refractivity contribution is -0.00919. The Kier molecular flexibility index (Phi) is 5.61. The SMILES string of the molecule is Cc1cccc(OC[C@H](C)NC(=O)N[C@H]2CCO[C@@H](C3CC3)C2)c1. The third-order valence-corrected chi connectivity index (χ3v) is 4.67. The van der Waals surface area contributed by atoms with Crippen molar-refractivity contribution in [2.45, 2.75) is 57.7 Å². The van der Waals surface area contributed by atoms with Gasteiger partial charge in [0.15, 0.2) is 0 Å². The molecule has 2 N–H and O–H groups in total. The van der Waals surface area contributed by atoms with E-state index in [1.165, 1.54) is 12.8 Å². The predicted molar refractivity (Wildman–Crippen MR) is 93.3 cm³/mol. The number of hydrogen-bond acceptors (Lipinski definition) is 3.